The normalized spacial score (nSPS) is 24.1. The molecule has 1 heteroatoms. The summed E-state index contributed by atoms with van der Waals surface area (Å²) in [6.07, 6.45) is 10.4. The predicted molar refractivity (Wildman–Crippen MR) is 85.6 cm³/mol. The molecule has 0 saturated carbocycles. The number of allylic oxidation sites excluding steroid dienone is 5. The van der Waals surface area contributed by atoms with E-state index in [0.29, 0.717) is 0 Å². The van der Waals surface area contributed by atoms with Gasteiger partial charge in [0.2, 0.25) is 0 Å². The topological polar surface area (TPSA) is 4.93 Å². The van der Waals surface area contributed by atoms with Crippen LogP contribution in [0, 0.1) is 5.41 Å². The largest absolute Gasteiger partial charge is 0.344 e. The van der Waals surface area contributed by atoms with Crippen molar-refractivity contribution in [3.05, 3.63) is 64.9 Å². The molecule has 0 amide bonds. The molecule has 0 spiro atoms. The fourth-order valence-corrected chi connectivity index (χ4v) is 3.79. The summed E-state index contributed by atoms with van der Waals surface area (Å²) < 4.78 is 2.33. The SMILES string of the molecule is CC1=CC2(C)Cc3c(n(C)c4ccccc34)C=C2C=C1. The van der Waals surface area contributed by atoms with Gasteiger partial charge in [-0.25, -0.2) is 0 Å². The molecule has 0 saturated heterocycles. The summed E-state index contributed by atoms with van der Waals surface area (Å²) in [7, 11) is 2.18. The van der Waals surface area contributed by atoms with Gasteiger partial charge in [0.05, 0.1) is 0 Å². The smallest absolute Gasteiger partial charge is 0.0485 e. The van der Waals surface area contributed by atoms with Gasteiger partial charge in [0, 0.05) is 29.1 Å². The summed E-state index contributed by atoms with van der Waals surface area (Å²) in [4.78, 5) is 0. The minimum Gasteiger partial charge on any atom is -0.344 e. The lowest BCUT2D eigenvalue weighted by Gasteiger charge is -2.34. The quantitative estimate of drug-likeness (QED) is 0.651. The van der Waals surface area contributed by atoms with Crippen molar-refractivity contribution in [2.75, 3.05) is 0 Å². The molecule has 1 heterocycles. The van der Waals surface area contributed by atoms with Crippen molar-refractivity contribution >= 4 is 17.0 Å². The number of hydrogen-bond donors (Lipinski definition) is 0. The third-order valence-corrected chi connectivity index (χ3v) is 4.83. The molecule has 0 radical (unpaired) electrons. The van der Waals surface area contributed by atoms with Crippen LogP contribution in [-0.4, -0.2) is 4.57 Å². The number of fused-ring (bicyclic) bond motifs is 4. The van der Waals surface area contributed by atoms with Gasteiger partial charge in [-0.05, 0) is 36.6 Å². The number of benzene rings is 1. The molecule has 2 aliphatic carbocycles. The molecule has 1 aromatic carbocycles. The van der Waals surface area contributed by atoms with Crippen LogP contribution in [0.15, 0.2) is 53.6 Å². The molecule has 100 valence electrons. The zero-order chi connectivity index (χ0) is 13.9. The van der Waals surface area contributed by atoms with Gasteiger partial charge in [-0.15, -0.1) is 0 Å². The Hall–Kier alpha value is -2.02. The van der Waals surface area contributed by atoms with E-state index >= 15 is 0 Å². The third kappa shape index (κ3) is 1.44. The van der Waals surface area contributed by atoms with Crippen LogP contribution in [0.3, 0.4) is 0 Å². The van der Waals surface area contributed by atoms with Crippen molar-refractivity contribution in [3.63, 3.8) is 0 Å². The van der Waals surface area contributed by atoms with Crippen LogP contribution in [-0.2, 0) is 13.5 Å². The molecular formula is C19H19N. The number of nitrogens with zero attached hydrogens (tertiary/aromatic N) is 1. The summed E-state index contributed by atoms with van der Waals surface area (Å²) in [5.41, 5.74) is 7.15. The fourth-order valence-electron chi connectivity index (χ4n) is 3.79. The van der Waals surface area contributed by atoms with E-state index in [2.05, 4.69) is 74.0 Å². The zero-order valence-corrected chi connectivity index (χ0v) is 12.3. The van der Waals surface area contributed by atoms with Gasteiger partial charge >= 0.3 is 0 Å². The Morgan fingerprint density at radius 3 is 2.80 bits per heavy atom. The van der Waals surface area contributed by atoms with Crippen LogP contribution in [0.5, 0.6) is 0 Å². The highest BCUT2D eigenvalue weighted by atomic mass is 14.9. The van der Waals surface area contributed by atoms with Crippen LogP contribution in [0.1, 0.15) is 25.1 Å². The fraction of sp³-hybridized carbons (Fsp3) is 0.263. The van der Waals surface area contributed by atoms with Crippen molar-refractivity contribution in [2.24, 2.45) is 12.5 Å². The highest BCUT2D eigenvalue weighted by molar-refractivity contribution is 5.90. The first-order valence-corrected chi connectivity index (χ1v) is 7.24. The lowest BCUT2D eigenvalue weighted by atomic mass is 9.70. The summed E-state index contributed by atoms with van der Waals surface area (Å²) in [6, 6.07) is 8.74. The van der Waals surface area contributed by atoms with Gasteiger partial charge in [0.15, 0.2) is 0 Å². The Labute approximate surface area is 119 Å². The number of hydrogen-bond acceptors (Lipinski definition) is 0. The minimum absolute atomic E-state index is 0.149. The van der Waals surface area contributed by atoms with Gasteiger partial charge in [-0.3, -0.25) is 0 Å². The van der Waals surface area contributed by atoms with Crippen molar-refractivity contribution in [2.45, 2.75) is 20.3 Å². The first kappa shape index (κ1) is 11.8. The summed E-state index contributed by atoms with van der Waals surface area (Å²) in [6.45, 7) is 4.55. The van der Waals surface area contributed by atoms with Gasteiger partial charge in [-0.2, -0.15) is 0 Å². The van der Waals surface area contributed by atoms with Crippen molar-refractivity contribution in [1.29, 1.82) is 0 Å². The number of aromatic nitrogens is 1. The zero-order valence-electron chi connectivity index (χ0n) is 12.3. The van der Waals surface area contributed by atoms with E-state index in [1.54, 1.807) is 0 Å². The van der Waals surface area contributed by atoms with E-state index in [4.69, 9.17) is 0 Å². The van der Waals surface area contributed by atoms with E-state index in [0.717, 1.165) is 6.42 Å². The molecule has 1 aromatic heterocycles. The predicted octanol–water partition coefficient (Wildman–Crippen LogP) is 4.64. The average molecular weight is 261 g/mol. The molecule has 0 N–H and O–H groups in total. The first-order valence-electron chi connectivity index (χ1n) is 7.24. The van der Waals surface area contributed by atoms with Crippen molar-refractivity contribution < 1.29 is 0 Å². The highest BCUT2D eigenvalue weighted by Gasteiger charge is 2.34. The Bertz CT molecular complexity index is 814. The maximum absolute atomic E-state index is 2.42. The van der Waals surface area contributed by atoms with Gasteiger partial charge in [0.1, 0.15) is 0 Å². The van der Waals surface area contributed by atoms with Gasteiger partial charge in [0.25, 0.3) is 0 Å². The van der Waals surface area contributed by atoms with Gasteiger partial charge in [-0.1, -0.05) is 48.9 Å². The summed E-state index contributed by atoms with van der Waals surface area (Å²) in [5, 5.41) is 1.40. The molecule has 20 heavy (non-hydrogen) atoms. The van der Waals surface area contributed by atoms with Crippen molar-refractivity contribution in [1.82, 2.24) is 4.57 Å². The van der Waals surface area contributed by atoms with E-state index in [1.165, 1.54) is 33.3 Å². The molecular weight excluding hydrogens is 242 g/mol. The second-order valence-electron chi connectivity index (χ2n) is 6.36. The summed E-state index contributed by atoms with van der Waals surface area (Å²) >= 11 is 0. The first-order chi connectivity index (χ1) is 9.58. The van der Waals surface area contributed by atoms with E-state index in [9.17, 15) is 0 Å². The molecule has 2 aliphatic rings. The molecule has 2 aromatic rings. The highest BCUT2D eigenvalue weighted by Crippen LogP contribution is 2.45. The average Bonchev–Trinajstić information content (AvgIpc) is 2.69. The van der Waals surface area contributed by atoms with Crippen LogP contribution in [0.4, 0.5) is 0 Å². The van der Waals surface area contributed by atoms with E-state index in [1.807, 2.05) is 0 Å². The van der Waals surface area contributed by atoms with Crippen LogP contribution < -0.4 is 0 Å². The van der Waals surface area contributed by atoms with Gasteiger partial charge < -0.3 is 4.57 Å². The Morgan fingerprint density at radius 2 is 1.95 bits per heavy atom. The maximum Gasteiger partial charge on any atom is 0.0485 e. The van der Waals surface area contributed by atoms with Crippen LogP contribution in [0.25, 0.3) is 17.0 Å². The molecule has 4 rings (SSSR count). The monoisotopic (exact) mass is 261 g/mol. The number of rotatable bonds is 0. The standard InChI is InChI=1S/C19H19N/c1-13-8-9-14-10-18-16(12-19(14,2)11-13)15-6-4-5-7-17(15)20(18)3/h4-11H,12H2,1-3H3. The Morgan fingerprint density at radius 1 is 1.15 bits per heavy atom. The minimum atomic E-state index is 0.149. The lowest BCUT2D eigenvalue weighted by Crippen LogP contribution is -2.24. The molecule has 0 bridgehead atoms. The molecule has 0 fully saturated rings. The maximum atomic E-state index is 2.42. The van der Waals surface area contributed by atoms with E-state index < -0.39 is 0 Å². The molecule has 1 nitrogen and oxygen atoms in total. The number of aryl methyl sites for hydroxylation is 1. The molecule has 0 aliphatic heterocycles. The lowest BCUT2D eigenvalue weighted by molar-refractivity contribution is 0.513. The summed E-state index contributed by atoms with van der Waals surface area (Å²) in [5.74, 6) is 0. The van der Waals surface area contributed by atoms with Crippen LogP contribution >= 0.6 is 0 Å². The van der Waals surface area contributed by atoms with E-state index in [-0.39, 0.29) is 5.41 Å². The second-order valence-corrected chi connectivity index (χ2v) is 6.36. The Kier molecular flexibility index (Phi) is 2.21. The number of para-hydroxylation sites is 1. The Balaban J connectivity index is 2.03. The van der Waals surface area contributed by atoms with Crippen molar-refractivity contribution in [3.8, 4) is 0 Å². The second kappa shape index (κ2) is 3.76. The molecule has 1 unspecified atom stereocenters. The molecule has 1 atom stereocenters. The van der Waals surface area contributed by atoms with Crippen LogP contribution in [0.2, 0.25) is 0 Å². The third-order valence-electron chi connectivity index (χ3n) is 4.83.